The number of hydrogen-bond acceptors (Lipinski definition) is 4. The van der Waals surface area contributed by atoms with E-state index in [2.05, 4.69) is 78.8 Å². The van der Waals surface area contributed by atoms with Crippen molar-refractivity contribution >= 4 is 11.8 Å². The summed E-state index contributed by atoms with van der Waals surface area (Å²) in [5.41, 5.74) is 4.67. The highest BCUT2D eigenvalue weighted by Gasteiger charge is 2.16. The quantitative estimate of drug-likeness (QED) is 0.680. The summed E-state index contributed by atoms with van der Waals surface area (Å²) in [6.45, 7) is 6.34. The van der Waals surface area contributed by atoms with E-state index < -0.39 is 0 Å². The highest BCUT2D eigenvalue weighted by Crippen LogP contribution is 2.34. The molecular formula is C17H18N4S. The summed E-state index contributed by atoms with van der Waals surface area (Å²) in [6.07, 6.45) is 0. The molecule has 0 bridgehead atoms. The molecule has 0 saturated heterocycles. The van der Waals surface area contributed by atoms with Gasteiger partial charge in [-0.1, -0.05) is 60.3 Å². The lowest BCUT2D eigenvalue weighted by molar-refractivity contribution is 0.746. The van der Waals surface area contributed by atoms with Gasteiger partial charge in [0.15, 0.2) is 0 Å². The van der Waals surface area contributed by atoms with E-state index in [4.69, 9.17) is 0 Å². The highest BCUT2D eigenvalue weighted by molar-refractivity contribution is 7.99. The Labute approximate surface area is 134 Å². The minimum Gasteiger partial charge on any atom is -0.187 e. The predicted octanol–water partition coefficient (Wildman–Crippen LogP) is 4.13. The maximum absolute atomic E-state index is 4.21. The standard InChI is InChI=1S/C17H18N4S/c1-12-8-7-9-13(2)16(12)21-17(18-19-20-21)22-14(3)15-10-5-4-6-11-15/h4-11,14H,1-3H3/t14-/m0/s1. The number of benzene rings is 2. The number of tetrazole rings is 1. The zero-order valence-corrected chi connectivity index (χ0v) is 13.7. The SMILES string of the molecule is Cc1cccc(C)c1-n1nnnc1S[C@@H](C)c1ccccc1. The number of aryl methyl sites for hydroxylation is 2. The fourth-order valence-corrected chi connectivity index (χ4v) is 3.40. The summed E-state index contributed by atoms with van der Waals surface area (Å²) in [5, 5.41) is 13.4. The van der Waals surface area contributed by atoms with Gasteiger partial charge in [-0.05, 0) is 47.9 Å². The molecule has 3 aromatic rings. The van der Waals surface area contributed by atoms with E-state index in [0.717, 1.165) is 10.8 Å². The Morgan fingerprint density at radius 2 is 1.64 bits per heavy atom. The van der Waals surface area contributed by atoms with Crippen LogP contribution < -0.4 is 0 Å². The summed E-state index contributed by atoms with van der Waals surface area (Å²) >= 11 is 1.67. The van der Waals surface area contributed by atoms with Crippen molar-refractivity contribution in [2.75, 3.05) is 0 Å². The third-order valence-electron chi connectivity index (χ3n) is 3.64. The fourth-order valence-electron chi connectivity index (χ4n) is 2.48. The number of hydrogen-bond donors (Lipinski definition) is 0. The molecule has 0 aliphatic heterocycles. The second-order valence-corrected chi connectivity index (χ2v) is 6.59. The van der Waals surface area contributed by atoms with Crippen molar-refractivity contribution in [1.29, 1.82) is 0 Å². The van der Waals surface area contributed by atoms with Crippen LogP contribution >= 0.6 is 11.8 Å². The molecule has 2 aromatic carbocycles. The Kier molecular flexibility index (Phi) is 4.24. The van der Waals surface area contributed by atoms with E-state index in [0.29, 0.717) is 0 Å². The Bertz CT molecular complexity index is 747. The van der Waals surface area contributed by atoms with Gasteiger partial charge in [-0.3, -0.25) is 0 Å². The lowest BCUT2D eigenvalue weighted by Crippen LogP contribution is -2.04. The van der Waals surface area contributed by atoms with Gasteiger partial charge in [-0.25, -0.2) is 0 Å². The van der Waals surface area contributed by atoms with Crippen LogP contribution in [-0.2, 0) is 0 Å². The van der Waals surface area contributed by atoms with Crippen molar-refractivity contribution in [3.8, 4) is 5.69 Å². The molecule has 3 rings (SSSR count). The molecule has 112 valence electrons. The topological polar surface area (TPSA) is 43.6 Å². The van der Waals surface area contributed by atoms with Gasteiger partial charge in [-0.2, -0.15) is 4.68 Å². The molecule has 0 aliphatic carbocycles. The summed E-state index contributed by atoms with van der Waals surface area (Å²) in [5.74, 6) is 0. The predicted molar refractivity (Wildman–Crippen MR) is 89.3 cm³/mol. The van der Waals surface area contributed by atoms with Crippen LogP contribution in [0.25, 0.3) is 5.69 Å². The Morgan fingerprint density at radius 3 is 2.32 bits per heavy atom. The van der Waals surface area contributed by atoms with E-state index in [1.807, 2.05) is 10.7 Å². The average Bonchev–Trinajstić information content (AvgIpc) is 2.96. The Morgan fingerprint density at radius 1 is 0.955 bits per heavy atom. The minimum atomic E-state index is 0.287. The van der Waals surface area contributed by atoms with Gasteiger partial charge in [0, 0.05) is 5.25 Å². The smallest absolute Gasteiger partial charge is 0.187 e. The third kappa shape index (κ3) is 2.90. The van der Waals surface area contributed by atoms with Crippen molar-refractivity contribution in [2.45, 2.75) is 31.2 Å². The van der Waals surface area contributed by atoms with E-state index in [1.54, 1.807) is 11.8 Å². The number of rotatable bonds is 4. The molecule has 0 aliphatic rings. The summed E-state index contributed by atoms with van der Waals surface area (Å²) in [6, 6.07) is 16.6. The number of thioether (sulfide) groups is 1. The first-order valence-electron chi connectivity index (χ1n) is 7.23. The van der Waals surface area contributed by atoms with E-state index in [-0.39, 0.29) is 5.25 Å². The Balaban J connectivity index is 1.93. The summed E-state index contributed by atoms with van der Waals surface area (Å²) in [4.78, 5) is 0. The molecule has 0 N–H and O–H groups in total. The van der Waals surface area contributed by atoms with E-state index >= 15 is 0 Å². The molecule has 1 atom stereocenters. The molecule has 4 nitrogen and oxygen atoms in total. The van der Waals surface area contributed by atoms with Crippen molar-refractivity contribution < 1.29 is 0 Å². The maximum Gasteiger partial charge on any atom is 0.214 e. The van der Waals surface area contributed by atoms with Crippen molar-refractivity contribution in [3.05, 3.63) is 65.2 Å². The minimum absolute atomic E-state index is 0.287. The van der Waals surface area contributed by atoms with Gasteiger partial charge < -0.3 is 0 Å². The lowest BCUT2D eigenvalue weighted by atomic mass is 10.1. The summed E-state index contributed by atoms with van der Waals surface area (Å²) in [7, 11) is 0. The molecular weight excluding hydrogens is 292 g/mol. The van der Waals surface area contributed by atoms with E-state index in [9.17, 15) is 0 Å². The van der Waals surface area contributed by atoms with Crippen LogP contribution in [-0.4, -0.2) is 20.2 Å². The van der Waals surface area contributed by atoms with Gasteiger partial charge in [-0.15, -0.1) is 5.10 Å². The molecule has 22 heavy (non-hydrogen) atoms. The first-order valence-corrected chi connectivity index (χ1v) is 8.11. The van der Waals surface area contributed by atoms with Crippen LogP contribution in [0.1, 0.15) is 28.9 Å². The zero-order chi connectivity index (χ0) is 15.5. The van der Waals surface area contributed by atoms with Crippen molar-refractivity contribution in [1.82, 2.24) is 20.2 Å². The van der Waals surface area contributed by atoms with Crippen LogP contribution in [0, 0.1) is 13.8 Å². The monoisotopic (exact) mass is 310 g/mol. The lowest BCUT2D eigenvalue weighted by Gasteiger charge is -2.13. The van der Waals surface area contributed by atoms with Crippen LogP contribution in [0.4, 0.5) is 0 Å². The Hall–Kier alpha value is -2.14. The molecule has 0 fully saturated rings. The molecule has 0 spiro atoms. The molecule has 0 saturated carbocycles. The molecule has 1 heterocycles. The van der Waals surface area contributed by atoms with Crippen LogP contribution in [0.5, 0.6) is 0 Å². The number of nitrogens with zero attached hydrogens (tertiary/aromatic N) is 4. The summed E-state index contributed by atoms with van der Waals surface area (Å²) < 4.78 is 1.84. The number of para-hydroxylation sites is 1. The fraction of sp³-hybridized carbons (Fsp3) is 0.235. The molecule has 5 heteroatoms. The molecule has 0 unspecified atom stereocenters. The first-order chi connectivity index (χ1) is 10.7. The third-order valence-corrected chi connectivity index (χ3v) is 4.73. The van der Waals surface area contributed by atoms with Gasteiger partial charge in [0.05, 0.1) is 5.69 Å². The van der Waals surface area contributed by atoms with Gasteiger partial charge in [0.1, 0.15) is 0 Å². The highest BCUT2D eigenvalue weighted by atomic mass is 32.2. The van der Waals surface area contributed by atoms with Crippen LogP contribution in [0.3, 0.4) is 0 Å². The van der Waals surface area contributed by atoms with Gasteiger partial charge in [0.2, 0.25) is 5.16 Å². The number of aromatic nitrogens is 4. The van der Waals surface area contributed by atoms with E-state index in [1.165, 1.54) is 16.7 Å². The normalized spacial score (nSPS) is 12.3. The second kappa shape index (κ2) is 6.32. The van der Waals surface area contributed by atoms with Gasteiger partial charge >= 0.3 is 0 Å². The molecule has 0 amide bonds. The molecule has 0 radical (unpaired) electrons. The maximum atomic E-state index is 4.21. The second-order valence-electron chi connectivity index (χ2n) is 5.28. The first kappa shape index (κ1) is 14.8. The zero-order valence-electron chi connectivity index (χ0n) is 12.9. The van der Waals surface area contributed by atoms with Crippen LogP contribution in [0.2, 0.25) is 0 Å². The molecule has 1 aromatic heterocycles. The average molecular weight is 310 g/mol. The van der Waals surface area contributed by atoms with Gasteiger partial charge in [0.25, 0.3) is 0 Å². The largest absolute Gasteiger partial charge is 0.214 e. The van der Waals surface area contributed by atoms with Crippen LogP contribution in [0.15, 0.2) is 53.7 Å². The van der Waals surface area contributed by atoms with Crippen molar-refractivity contribution in [2.24, 2.45) is 0 Å². The van der Waals surface area contributed by atoms with Crippen molar-refractivity contribution in [3.63, 3.8) is 0 Å².